The molecule has 1 amide bonds. The van der Waals surface area contributed by atoms with E-state index in [9.17, 15) is 4.79 Å². The number of aromatic nitrogens is 1. The van der Waals surface area contributed by atoms with Gasteiger partial charge in [0, 0.05) is 13.0 Å². The summed E-state index contributed by atoms with van der Waals surface area (Å²) in [6.07, 6.45) is 0.00163. The van der Waals surface area contributed by atoms with Crippen LogP contribution >= 0.6 is 34.5 Å². The highest BCUT2D eigenvalue weighted by Gasteiger charge is 2.16. The maximum absolute atomic E-state index is 12.2. The topological polar surface area (TPSA) is 51.2 Å². The molecule has 0 saturated heterocycles. The molecular formula is C18H16Cl2N2O2S. The third-order valence-electron chi connectivity index (χ3n) is 3.57. The van der Waals surface area contributed by atoms with Crippen LogP contribution in [0.1, 0.15) is 11.9 Å². The van der Waals surface area contributed by atoms with E-state index in [0.717, 1.165) is 15.2 Å². The van der Waals surface area contributed by atoms with Crippen LogP contribution in [0.2, 0.25) is 10.0 Å². The molecule has 1 heterocycles. The summed E-state index contributed by atoms with van der Waals surface area (Å²) in [5.74, 6) is 0.181. The van der Waals surface area contributed by atoms with E-state index in [1.165, 1.54) is 0 Å². The molecule has 0 radical (unpaired) electrons. The molecule has 7 heteroatoms. The van der Waals surface area contributed by atoms with Crippen LogP contribution in [-0.4, -0.2) is 23.5 Å². The monoisotopic (exact) mass is 394 g/mol. The fourth-order valence-electron chi connectivity index (χ4n) is 2.28. The quantitative estimate of drug-likeness (QED) is 0.657. The van der Waals surface area contributed by atoms with E-state index in [0.29, 0.717) is 28.8 Å². The van der Waals surface area contributed by atoms with Gasteiger partial charge in [-0.25, -0.2) is 4.98 Å². The number of fused-ring (bicyclic) bond motifs is 1. The molecule has 2 aromatic carbocycles. The van der Waals surface area contributed by atoms with E-state index in [1.54, 1.807) is 36.5 Å². The van der Waals surface area contributed by atoms with Crippen molar-refractivity contribution in [2.75, 3.05) is 6.54 Å². The molecule has 0 spiro atoms. The van der Waals surface area contributed by atoms with Crippen LogP contribution in [0.4, 0.5) is 0 Å². The fourth-order valence-corrected chi connectivity index (χ4v) is 3.59. The Kier molecular flexibility index (Phi) is 5.78. The van der Waals surface area contributed by atoms with Crippen molar-refractivity contribution in [3.63, 3.8) is 0 Å². The average molecular weight is 395 g/mol. The Balaban J connectivity index is 1.52. The minimum Gasteiger partial charge on any atom is -0.479 e. The first-order valence-corrected chi connectivity index (χ1v) is 9.34. The fraction of sp³-hybridized carbons (Fsp3) is 0.222. The Labute approximate surface area is 159 Å². The Hall–Kier alpha value is -1.82. The lowest BCUT2D eigenvalue weighted by atomic mass is 10.3. The number of benzene rings is 2. The third-order valence-corrected chi connectivity index (χ3v) is 5.46. The van der Waals surface area contributed by atoms with Crippen LogP contribution in [0.25, 0.3) is 10.2 Å². The Morgan fingerprint density at radius 1 is 1.24 bits per heavy atom. The summed E-state index contributed by atoms with van der Waals surface area (Å²) in [5.41, 5.74) is 0.987. The molecule has 1 atom stereocenters. The zero-order valence-corrected chi connectivity index (χ0v) is 15.8. The Morgan fingerprint density at radius 2 is 2.04 bits per heavy atom. The second-order valence-corrected chi connectivity index (χ2v) is 7.33. The van der Waals surface area contributed by atoms with Crippen molar-refractivity contribution in [1.82, 2.24) is 10.3 Å². The van der Waals surface area contributed by atoms with E-state index in [-0.39, 0.29) is 5.91 Å². The largest absolute Gasteiger partial charge is 0.479 e. The molecule has 0 aliphatic heterocycles. The number of thiazole rings is 1. The number of ether oxygens (including phenoxy) is 1. The van der Waals surface area contributed by atoms with E-state index >= 15 is 0 Å². The standard InChI is InChI=1S/C18H16Cl2N2O2S/c1-11(24-14-7-4-5-12(19)17(14)20)18(23)21-10-9-16-22-13-6-2-3-8-15(13)25-16/h2-8,11H,9-10H2,1H3,(H,21,23). The molecule has 1 N–H and O–H groups in total. The Morgan fingerprint density at radius 3 is 2.84 bits per heavy atom. The van der Waals surface area contributed by atoms with Crippen LogP contribution in [0.5, 0.6) is 5.75 Å². The van der Waals surface area contributed by atoms with Crippen molar-refractivity contribution in [3.05, 3.63) is 57.5 Å². The van der Waals surface area contributed by atoms with Crippen LogP contribution in [0.3, 0.4) is 0 Å². The molecule has 1 unspecified atom stereocenters. The van der Waals surface area contributed by atoms with Gasteiger partial charge in [-0.15, -0.1) is 11.3 Å². The molecule has 0 saturated carbocycles. The Bertz CT molecular complexity index is 865. The summed E-state index contributed by atoms with van der Waals surface area (Å²) in [7, 11) is 0. The molecule has 25 heavy (non-hydrogen) atoms. The lowest BCUT2D eigenvalue weighted by Crippen LogP contribution is -2.37. The summed E-state index contributed by atoms with van der Waals surface area (Å²) >= 11 is 13.7. The number of halogens is 2. The maximum Gasteiger partial charge on any atom is 0.260 e. The molecule has 0 aliphatic rings. The van der Waals surface area contributed by atoms with Gasteiger partial charge < -0.3 is 10.1 Å². The first kappa shape index (κ1) is 18.0. The summed E-state index contributed by atoms with van der Waals surface area (Å²) in [4.78, 5) is 16.7. The number of para-hydroxylation sites is 1. The van der Waals surface area contributed by atoms with Crippen LogP contribution < -0.4 is 10.1 Å². The molecule has 3 rings (SSSR count). The zero-order chi connectivity index (χ0) is 17.8. The molecule has 0 fully saturated rings. The smallest absolute Gasteiger partial charge is 0.260 e. The number of nitrogens with one attached hydrogen (secondary N) is 1. The minimum atomic E-state index is -0.675. The van der Waals surface area contributed by atoms with E-state index in [1.807, 2.05) is 24.3 Å². The lowest BCUT2D eigenvalue weighted by molar-refractivity contribution is -0.127. The summed E-state index contributed by atoms with van der Waals surface area (Å²) in [6.45, 7) is 2.17. The van der Waals surface area contributed by atoms with Gasteiger partial charge in [0.15, 0.2) is 6.10 Å². The number of rotatable bonds is 6. The van der Waals surface area contributed by atoms with Gasteiger partial charge in [-0.2, -0.15) is 0 Å². The van der Waals surface area contributed by atoms with Gasteiger partial charge >= 0.3 is 0 Å². The van der Waals surface area contributed by atoms with Gasteiger partial charge in [-0.1, -0.05) is 41.4 Å². The van der Waals surface area contributed by atoms with Crippen molar-refractivity contribution in [2.24, 2.45) is 0 Å². The summed E-state index contributed by atoms with van der Waals surface area (Å²) in [5, 5.41) is 4.55. The van der Waals surface area contributed by atoms with Gasteiger partial charge in [0.2, 0.25) is 0 Å². The highest BCUT2D eigenvalue weighted by molar-refractivity contribution is 7.18. The van der Waals surface area contributed by atoms with Gasteiger partial charge in [-0.05, 0) is 31.2 Å². The zero-order valence-electron chi connectivity index (χ0n) is 13.5. The predicted octanol–water partition coefficient (Wildman–Crippen LogP) is 4.73. The van der Waals surface area contributed by atoms with Crippen LogP contribution in [-0.2, 0) is 11.2 Å². The van der Waals surface area contributed by atoms with Crippen LogP contribution in [0.15, 0.2) is 42.5 Å². The molecule has 130 valence electrons. The number of nitrogens with zero attached hydrogens (tertiary/aromatic N) is 1. The summed E-state index contributed by atoms with van der Waals surface area (Å²) < 4.78 is 6.75. The lowest BCUT2D eigenvalue weighted by Gasteiger charge is -2.15. The van der Waals surface area contributed by atoms with Crippen molar-refractivity contribution in [3.8, 4) is 5.75 Å². The normalized spacial score (nSPS) is 12.1. The van der Waals surface area contributed by atoms with Crippen molar-refractivity contribution in [1.29, 1.82) is 0 Å². The van der Waals surface area contributed by atoms with Gasteiger partial charge in [0.1, 0.15) is 10.8 Å². The number of amides is 1. The number of carbonyl (C=O) groups is 1. The first-order chi connectivity index (χ1) is 12.0. The van der Waals surface area contributed by atoms with E-state index in [4.69, 9.17) is 27.9 Å². The number of carbonyl (C=O) groups excluding carboxylic acids is 1. The second-order valence-electron chi connectivity index (χ2n) is 5.43. The highest BCUT2D eigenvalue weighted by Crippen LogP contribution is 2.32. The minimum absolute atomic E-state index is 0.211. The van der Waals surface area contributed by atoms with Crippen LogP contribution in [0, 0.1) is 0 Å². The summed E-state index contributed by atoms with van der Waals surface area (Å²) in [6, 6.07) is 13.1. The van der Waals surface area contributed by atoms with Crippen molar-refractivity contribution in [2.45, 2.75) is 19.4 Å². The molecule has 4 nitrogen and oxygen atoms in total. The third kappa shape index (κ3) is 4.42. The molecule has 3 aromatic rings. The molecule has 0 aliphatic carbocycles. The molecule has 0 bridgehead atoms. The number of hydrogen-bond acceptors (Lipinski definition) is 4. The molecular weight excluding hydrogens is 379 g/mol. The highest BCUT2D eigenvalue weighted by atomic mass is 35.5. The average Bonchev–Trinajstić information content (AvgIpc) is 3.01. The second kappa shape index (κ2) is 8.04. The number of hydrogen-bond donors (Lipinski definition) is 1. The van der Waals surface area contributed by atoms with Crippen molar-refractivity contribution < 1.29 is 9.53 Å². The predicted molar refractivity (Wildman–Crippen MR) is 103 cm³/mol. The molecule has 1 aromatic heterocycles. The van der Waals surface area contributed by atoms with Gasteiger partial charge in [0.25, 0.3) is 5.91 Å². The SMILES string of the molecule is CC(Oc1cccc(Cl)c1Cl)C(=O)NCCc1nc2ccccc2s1. The van der Waals surface area contributed by atoms with E-state index in [2.05, 4.69) is 10.3 Å². The van der Waals surface area contributed by atoms with Crippen molar-refractivity contribution >= 4 is 50.7 Å². The first-order valence-electron chi connectivity index (χ1n) is 7.77. The van der Waals surface area contributed by atoms with Gasteiger partial charge in [-0.3, -0.25) is 4.79 Å². The van der Waals surface area contributed by atoms with Gasteiger partial charge in [0.05, 0.1) is 20.2 Å². The van der Waals surface area contributed by atoms with E-state index < -0.39 is 6.10 Å². The maximum atomic E-state index is 12.2.